The highest BCUT2D eigenvalue weighted by Gasteiger charge is 2.37. The quantitative estimate of drug-likeness (QED) is 0.925. The number of nitrogens with zero attached hydrogens (tertiary/aromatic N) is 1. The van der Waals surface area contributed by atoms with E-state index in [1.54, 1.807) is 0 Å². The van der Waals surface area contributed by atoms with Gasteiger partial charge in [-0.15, -0.1) is 0 Å². The Bertz CT molecular complexity index is 520. The minimum atomic E-state index is 0.241. The summed E-state index contributed by atoms with van der Waals surface area (Å²) in [6.07, 6.45) is 3.44. The van der Waals surface area contributed by atoms with Gasteiger partial charge in [0, 0.05) is 31.3 Å². The van der Waals surface area contributed by atoms with Gasteiger partial charge in [-0.25, -0.2) is 0 Å². The van der Waals surface area contributed by atoms with Gasteiger partial charge in [0.05, 0.1) is 0 Å². The van der Waals surface area contributed by atoms with Crippen molar-refractivity contribution in [2.45, 2.75) is 44.7 Å². The second-order valence-corrected chi connectivity index (χ2v) is 7.47. The molecule has 1 fully saturated rings. The first-order valence-corrected chi connectivity index (χ1v) is 8.60. The predicted molar refractivity (Wildman–Crippen MR) is 91.3 cm³/mol. The van der Waals surface area contributed by atoms with Crippen molar-refractivity contribution in [3.63, 3.8) is 0 Å². The molecule has 122 valence electrons. The van der Waals surface area contributed by atoms with E-state index in [2.05, 4.69) is 56.4 Å². The molecular formula is C19H30N2O. The van der Waals surface area contributed by atoms with E-state index < -0.39 is 0 Å². The second-order valence-electron chi connectivity index (χ2n) is 7.47. The van der Waals surface area contributed by atoms with Crippen LogP contribution >= 0.6 is 0 Å². The number of hydrogen-bond donors (Lipinski definition) is 1. The van der Waals surface area contributed by atoms with Crippen LogP contribution in [0.2, 0.25) is 0 Å². The smallest absolute Gasteiger partial charge is 0.0484 e. The lowest BCUT2D eigenvalue weighted by Gasteiger charge is -2.44. The predicted octanol–water partition coefficient (Wildman–Crippen LogP) is 2.93. The fourth-order valence-electron chi connectivity index (χ4n) is 4.11. The normalized spacial score (nSPS) is 27.1. The first kappa shape index (κ1) is 16.0. The van der Waals surface area contributed by atoms with E-state index in [4.69, 9.17) is 4.74 Å². The summed E-state index contributed by atoms with van der Waals surface area (Å²) < 4.78 is 5.59. The summed E-state index contributed by atoms with van der Waals surface area (Å²) >= 11 is 0. The van der Waals surface area contributed by atoms with Gasteiger partial charge < -0.3 is 15.0 Å². The van der Waals surface area contributed by atoms with Crippen LogP contribution in [0.1, 0.15) is 42.5 Å². The molecule has 0 saturated carbocycles. The number of ether oxygens (including phenoxy) is 1. The van der Waals surface area contributed by atoms with Crippen molar-refractivity contribution in [2.24, 2.45) is 5.92 Å². The highest BCUT2D eigenvalue weighted by atomic mass is 16.5. The Morgan fingerprint density at radius 2 is 2.00 bits per heavy atom. The molecule has 0 spiro atoms. The van der Waals surface area contributed by atoms with Crippen LogP contribution in [0.4, 0.5) is 0 Å². The lowest BCUT2D eigenvalue weighted by atomic mass is 9.87. The summed E-state index contributed by atoms with van der Waals surface area (Å²) in [6.45, 7) is 7.39. The van der Waals surface area contributed by atoms with Crippen molar-refractivity contribution in [2.75, 3.05) is 33.9 Å². The lowest BCUT2D eigenvalue weighted by molar-refractivity contribution is -0.00886. The zero-order valence-electron chi connectivity index (χ0n) is 14.5. The number of rotatable bonds is 4. The van der Waals surface area contributed by atoms with E-state index in [0.29, 0.717) is 12.0 Å². The van der Waals surface area contributed by atoms with E-state index in [9.17, 15) is 0 Å². The molecule has 1 aromatic carbocycles. The minimum Gasteiger partial charge on any atom is -0.381 e. The van der Waals surface area contributed by atoms with Gasteiger partial charge in [0.15, 0.2) is 0 Å². The van der Waals surface area contributed by atoms with Crippen molar-refractivity contribution in [1.82, 2.24) is 10.2 Å². The van der Waals surface area contributed by atoms with Crippen LogP contribution in [-0.4, -0.2) is 44.3 Å². The van der Waals surface area contributed by atoms with E-state index >= 15 is 0 Å². The third kappa shape index (κ3) is 2.94. The average Bonchev–Trinajstić information content (AvgIpc) is 2.81. The SMILES string of the molecule is Cc1ccc2c(c1)[C@H](NCC1(N(C)C)CCOCC1)[C@H](C)C2. The van der Waals surface area contributed by atoms with E-state index in [-0.39, 0.29) is 5.54 Å². The fourth-order valence-corrected chi connectivity index (χ4v) is 4.11. The van der Waals surface area contributed by atoms with E-state index in [1.807, 2.05) is 0 Å². The topological polar surface area (TPSA) is 24.5 Å². The Kier molecular flexibility index (Phi) is 4.58. The van der Waals surface area contributed by atoms with Gasteiger partial charge in [-0.1, -0.05) is 30.7 Å². The average molecular weight is 302 g/mol. The van der Waals surface area contributed by atoms with Crippen molar-refractivity contribution < 1.29 is 4.74 Å². The molecule has 3 rings (SSSR count). The van der Waals surface area contributed by atoms with Gasteiger partial charge in [-0.2, -0.15) is 0 Å². The number of nitrogens with one attached hydrogen (secondary N) is 1. The molecule has 3 nitrogen and oxygen atoms in total. The first-order valence-electron chi connectivity index (χ1n) is 8.60. The monoisotopic (exact) mass is 302 g/mol. The largest absolute Gasteiger partial charge is 0.381 e. The highest BCUT2D eigenvalue weighted by Crippen LogP contribution is 2.37. The van der Waals surface area contributed by atoms with Crippen molar-refractivity contribution in [3.05, 3.63) is 34.9 Å². The maximum Gasteiger partial charge on any atom is 0.0484 e. The molecule has 0 radical (unpaired) electrons. The molecule has 1 aliphatic carbocycles. The third-order valence-corrected chi connectivity index (χ3v) is 5.77. The molecule has 2 aliphatic rings. The summed E-state index contributed by atoms with van der Waals surface area (Å²) in [5.41, 5.74) is 4.66. The van der Waals surface area contributed by atoms with Gasteiger partial charge in [-0.05, 0) is 57.3 Å². The van der Waals surface area contributed by atoms with Gasteiger partial charge in [0.2, 0.25) is 0 Å². The highest BCUT2D eigenvalue weighted by molar-refractivity contribution is 5.38. The van der Waals surface area contributed by atoms with Crippen molar-refractivity contribution in [1.29, 1.82) is 0 Å². The van der Waals surface area contributed by atoms with Crippen LogP contribution in [0.3, 0.4) is 0 Å². The van der Waals surface area contributed by atoms with Gasteiger partial charge in [0.25, 0.3) is 0 Å². The molecule has 1 aromatic rings. The molecule has 0 aromatic heterocycles. The van der Waals surface area contributed by atoms with Gasteiger partial charge >= 0.3 is 0 Å². The fraction of sp³-hybridized carbons (Fsp3) is 0.684. The Morgan fingerprint density at radius 1 is 1.27 bits per heavy atom. The molecule has 1 aliphatic heterocycles. The maximum absolute atomic E-state index is 5.59. The Labute approximate surface area is 135 Å². The van der Waals surface area contributed by atoms with Crippen molar-refractivity contribution >= 4 is 0 Å². The van der Waals surface area contributed by atoms with Crippen LogP contribution in [-0.2, 0) is 11.2 Å². The molecule has 1 saturated heterocycles. The molecule has 3 heteroatoms. The number of aryl methyl sites for hydroxylation is 1. The standard InChI is InChI=1S/C19H30N2O/c1-14-5-6-16-12-15(2)18(17(16)11-14)20-13-19(21(3)4)7-9-22-10-8-19/h5-6,11,15,18,20H,7-10,12-13H2,1-4H3/t15-,18-/m1/s1. The van der Waals surface area contributed by atoms with Crippen LogP contribution in [0.25, 0.3) is 0 Å². The zero-order chi connectivity index (χ0) is 15.7. The molecule has 0 unspecified atom stereocenters. The van der Waals surface area contributed by atoms with Crippen LogP contribution in [0.15, 0.2) is 18.2 Å². The molecule has 0 amide bonds. The Morgan fingerprint density at radius 3 is 2.68 bits per heavy atom. The maximum atomic E-state index is 5.59. The molecular weight excluding hydrogens is 272 g/mol. The van der Waals surface area contributed by atoms with E-state index in [1.165, 1.54) is 23.1 Å². The molecule has 2 atom stereocenters. The van der Waals surface area contributed by atoms with Crippen LogP contribution < -0.4 is 5.32 Å². The molecule has 22 heavy (non-hydrogen) atoms. The van der Waals surface area contributed by atoms with Gasteiger partial charge in [0.1, 0.15) is 0 Å². The minimum absolute atomic E-state index is 0.241. The number of hydrogen-bond acceptors (Lipinski definition) is 3. The summed E-state index contributed by atoms with van der Waals surface area (Å²) in [7, 11) is 4.42. The van der Waals surface area contributed by atoms with Crippen LogP contribution in [0.5, 0.6) is 0 Å². The van der Waals surface area contributed by atoms with E-state index in [0.717, 1.165) is 32.6 Å². The molecule has 0 bridgehead atoms. The number of fused-ring (bicyclic) bond motifs is 1. The molecule has 1 N–H and O–H groups in total. The summed E-state index contributed by atoms with van der Waals surface area (Å²) in [5, 5.41) is 3.91. The second kappa shape index (κ2) is 6.31. The van der Waals surface area contributed by atoms with Crippen molar-refractivity contribution in [3.8, 4) is 0 Å². The summed E-state index contributed by atoms with van der Waals surface area (Å²) in [4.78, 5) is 2.40. The Hall–Kier alpha value is -0.900. The zero-order valence-corrected chi connectivity index (χ0v) is 14.5. The van der Waals surface area contributed by atoms with Crippen LogP contribution in [0, 0.1) is 12.8 Å². The lowest BCUT2D eigenvalue weighted by Crippen LogP contribution is -2.55. The summed E-state index contributed by atoms with van der Waals surface area (Å²) in [5.74, 6) is 0.677. The first-order chi connectivity index (χ1) is 10.5. The van der Waals surface area contributed by atoms with Gasteiger partial charge in [-0.3, -0.25) is 0 Å². The number of benzene rings is 1. The molecule has 1 heterocycles. The Balaban J connectivity index is 1.74. The number of likely N-dealkylation sites (N-methyl/N-ethyl adjacent to an activating group) is 1. The summed E-state index contributed by atoms with van der Waals surface area (Å²) in [6, 6.07) is 7.43. The third-order valence-electron chi connectivity index (χ3n) is 5.77.